The summed E-state index contributed by atoms with van der Waals surface area (Å²) in [5, 5.41) is 11.6. The number of hydrogen-bond donors (Lipinski definition) is 2. The molecule has 0 rings (SSSR count). The Hall–Kier alpha value is -0.830. The zero-order chi connectivity index (χ0) is 8.85. The van der Waals surface area contributed by atoms with Gasteiger partial charge in [-0.25, -0.2) is 0 Å². The first kappa shape index (κ1) is 10.2. The molecule has 0 aromatic carbocycles. The largest absolute Gasteiger partial charge is 0.391 e. The van der Waals surface area contributed by atoms with Crippen LogP contribution in [0.15, 0.2) is 12.7 Å². The molecule has 11 heavy (non-hydrogen) atoms. The smallest absolute Gasteiger partial charge is 0.224 e. The number of nitrogens with one attached hydrogen (secondary N) is 1. The molecule has 0 aromatic rings. The first-order chi connectivity index (χ1) is 5.07. The van der Waals surface area contributed by atoms with Crippen molar-refractivity contribution < 1.29 is 9.90 Å². The van der Waals surface area contributed by atoms with Crippen LogP contribution in [0.2, 0.25) is 0 Å². The number of carbonyl (C=O) groups is 1. The monoisotopic (exact) mass is 157 g/mol. The Kier molecular flexibility index (Phi) is 4.54. The van der Waals surface area contributed by atoms with E-state index in [2.05, 4.69) is 11.9 Å². The van der Waals surface area contributed by atoms with Crippen molar-refractivity contribution in [3.05, 3.63) is 12.7 Å². The number of hydrogen-bond acceptors (Lipinski definition) is 2. The quantitative estimate of drug-likeness (QED) is 0.582. The average Bonchev–Trinajstić information content (AvgIpc) is 1.87. The van der Waals surface area contributed by atoms with Gasteiger partial charge in [0, 0.05) is 6.42 Å². The minimum Gasteiger partial charge on any atom is -0.391 e. The Labute approximate surface area is 67.1 Å². The molecule has 0 fully saturated rings. The van der Waals surface area contributed by atoms with Gasteiger partial charge in [0.2, 0.25) is 5.91 Å². The summed E-state index contributed by atoms with van der Waals surface area (Å²) in [6.07, 6.45) is 1.32. The molecule has 3 heteroatoms. The Balaban J connectivity index is 3.65. The molecule has 2 N–H and O–H groups in total. The van der Waals surface area contributed by atoms with Gasteiger partial charge in [-0.3, -0.25) is 4.79 Å². The summed E-state index contributed by atoms with van der Waals surface area (Å²) in [4.78, 5) is 10.9. The van der Waals surface area contributed by atoms with Gasteiger partial charge in [0.25, 0.3) is 0 Å². The Morgan fingerprint density at radius 2 is 2.27 bits per heavy atom. The molecular weight excluding hydrogens is 142 g/mol. The number of amides is 1. The summed E-state index contributed by atoms with van der Waals surface area (Å²) in [6, 6.07) is -0.192. The van der Waals surface area contributed by atoms with Crippen LogP contribution in [0.4, 0.5) is 0 Å². The standard InChI is InChI=1S/C8H15NO2/c1-4-5-8(11)9-6(2)7(3)10/h4,6-7,10H,1,5H2,2-3H3,(H,9,11). The highest BCUT2D eigenvalue weighted by molar-refractivity contribution is 5.77. The molecule has 0 bridgehead atoms. The van der Waals surface area contributed by atoms with Crippen LogP contribution in [0.3, 0.4) is 0 Å². The Bertz CT molecular complexity index is 143. The third-order valence-electron chi connectivity index (χ3n) is 1.44. The van der Waals surface area contributed by atoms with Gasteiger partial charge >= 0.3 is 0 Å². The van der Waals surface area contributed by atoms with Gasteiger partial charge in [0.05, 0.1) is 12.1 Å². The predicted molar refractivity (Wildman–Crippen MR) is 44.1 cm³/mol. The highest BCUT2D eigenvalue weighted by Crippen LogP contribution is 1.91. The van der Waals surface area contributed by atoms with E-state index in [4.69, 9.17) is 5.11 Å². The van der Waals surface area contributed by atoms with E-state index < -0.39 is 6.10 Å². The maximum absolute atomic E-state index is 10.9. The number of aliphatic hydroxyl groups excluding tert-OH is 1. The number of aliphatic hydroxyl groups is 1. The van der Waals surface area contributed by atoms with Gasteiger partial charge in [-0.1, -0.05) is 6.08 Å². The maximum Gasteiger partial charge on any atom is 0.224 e. The molecule has 0 aliphatic carbocycles. The fourth-order valence-corrected chi connectivity index (χ4v) is 0.565. The summed E-state index contributed by atoms with van der Waals surface area (Å²) in [6.45, 7) is 6.82. The topological polar surface area (TPSA) is 49.3 Å². The first-order valence-electron chi connectivity index (χ1n) is 3.66. The van der Waals surface area contributed by atoms with Gasteiger partial charge < -0.3 is 10.4 Å². The summed E-state index contributed by atoms with van der Waals surface area (Å²) in [5.41, 5.74) is 0. The molecule has 2 unspecified atom stereocenters. The van der Waals surface area contributed by atoms with E-state index >= 15 is 0 Å². The molecule has 0 aliphatic rings. The molecular formula is C8H15NO2. The minimum atomic E-state index is -0.510. The summed E-state index contributed by atoms with van der Waals surface area (Å²) in [7, 11) is 0. The zero-order valence-corrected chi connectivity index (χ0v) is 7.00. The van der Waals surface area contributed by atoms with Crippen molar-refractivity contribution in [2.24, 2.45) is 0 Å². The van der Waals surface area contributed by atoms with Gasteiger partial charge in [-0.15, -0.1) is 6.58 Å². The lowest BCUT2D eigenvalue weighted by Gasteiger charge is -2.15. The number of carbonyl (C=O) groups excluding carboxylic acids is 1. The summed E-state index contributed by atoms with van der Waals surface area (Å²) >= 11 is 0. The molecule has 0 heterocycles. The highest BCUT2D eigenvalue weighted by Gasteiger charge is 2.09. The van der Waals surface area contributed by atoms with E-state index in [0.29, 0.717) is 6.42 Å². The van der Waals surface area contributed by atoms with Crippen molar-refractivity contribution in [3.63, 3.8) is 0 Å². The van der Waals surface area contributed by atoms with Crippen LogP contribution in [0.1, 0.15) is 20.3 Å². The second-order valence-corrected chi connectivity index (χ2v) is 2.59. The fourth-order valence-electron chi connectivity index (χ4n) is 0.565. The normalized spacial score (nSPS) is 15.2. The molecule has 1 amide bonds. The Morgan fingerprint density at radius 1 is 1.73 bits per heavy atom. The van der Waals surface area contributed by atoms with Crippen LogP contribution in [0.5, 0.6) is 0 Å². The SMILES string of the molecule is C=CCC(=O)NC(C)C(C)O. The van der Waals surface area contributed by atoms with Gasteiger partial charge in [-0.2, -0.15) is 0 Å². The van der Waals surface area contributed by atoms with E-state index in [1.165, 1.54) is 6.08 Å². The maximum atomic E-state index is 10.9. The van der Waals surface area contributed by atoms with E-state index in [0.717, 1.165) is 0 Å². The van der Waals surface area contributed by atoms with Crippen molar-refractivity contribution in [2.45, 2.75) is 32.4 Å². The average molecular weight is 157 g/mol. The Morgan fingerprint density at radius 3 is 2.64 bits per heavy atom. The summed E-state index contributed by atoms with van der Waals surface area (Å²) < 4.78 is 0. The van der Waals surface area contributed by atoms with Crippen LogP contribution >= 0.6 is 0 Å². The molecule has 0 saturated heterocycles. The second-order valence-electron chi connectivity index (χ2n) is 2.59. The molecule has 0 saturated carbocycles. The van der Waals surface area contributed by atoms with Crippen molar-refractivity contribution in [1.29, 1.82) is 0 Å². The van der Waals surface area contributed by atoms with Gasteiger partial charge in [0.1, 0.15) is 0 Å². The van der Waals surface area contributed by atoms with Crippen molar-refractivity contribution in [2.75, 3.05) is 0 Å². The van der Waals surface area contributed by atoms with Crippen LogP contribution < -0.4 is 5.32 Å². The van der Waals surface area contributed by atoms with Crippen LogP contribution in [0.25, 0.3) is 0 Å². The molecule has 3 nitrogen and oxygen atoms in total. The van der Waals surface area contributed by atoms with Crippen molar-refractivity contribution >= 4 is 5.91 Å². The third kappa shape index (κ3) is 4.56. The lowest BCUT2D eigenvalue weighted by atomic mass is 10.2. The van der Waals surface area contributed by atoms with E-state index in [-0.39, 0.29) is 11.9 Å². The first-order valence-corrected chi connectivity index (χ1v) is 3.66. The number of rotatable bonds is 4. The van der Waals surface area contributed by atoms with Gasteiger partial charge in [-0.05, 0) is 13.8 Å². The molecule has 0 spiro atoms. The predicted octanol–water partition coefficient (Wildman–Crippen LogP) is 0.448. The second kappa shape index (κ2) is 4.91. The lowest BCUT2D eigenvalue weighted by Crippen LogP contribution is -2.39. The minimum absolute atomic E-state index is 0.103. The molecule has 0 aromatic heterocycles. The van der Waals surface area contributed by atoms with Crippen molar-refractivity contribution in [1.82, 2.24) is 5.32 Å². The van der Waals surface area contributed by atoms with Crippen molar-refractivity contribution in [3.8, 4) is 0 Å². The van der Waals surface area contributed by atoms with Crippen LogP contribution in [0, 0.1) is 0 Å². The van der Waals surface area contributed by atoms with E-state index in [9.17, 15) is 4.79 Å². The molecule has 0 aliphatic heterocycles. The van der Waals surface area contributed by atoms with E-state index in [1.54, 1.807) is 13.8 Å². The zero-order valence-electron chi connectivity index (χ0n) is 7.00. The van der Waals surface area contributed by atoms with Gasteiger partial charge in [0.15, 0.2) is 0 Å². The van der Waals surface area contributed by atoms with Crippen LogP contribution in [-0.2, 0) is 4.79 Å². The molecule has 2 atom stereocenters. The molecule has 64 valence electrons. The lowest BCUT2D eigenvalue weighted by molar-refractivity contribution is -0.121. The third-order valence-corrected chi connectivity index (χ3v) is 1.44. The van der Waals surface area contributed by atoms with Crippen LogP contribution in [-0.4, -0.2) is 23.2 Å². The summed E-state index contributed by atoms with van der Waals surface area (Å²) in [5.74, 6) is -0.103. The highest BCUT2D eigenvalue weighted by atomic mass is 16.3. The molecule has 0 radical (unpaired) electrons. The van der Waals surface area contributed by atoms with E-state index in [1.807, 2.05) is 0 Å². The fraction of sp³-hybridized carbons (Fsp3) is 0.625.